The zero-order chi connectivity index (χ0) is 2.00. The Bertz CT molecular complexity index is 8.00. The Balaban J connectivity index is -0.00000000500. The molecule has 4 heavy (non-hydrogen) atoms. The summed E-state index contributed by atoms with van der Waals surface area (Å²) in [5.41, 5.74) is 0. The molecule has 4 heteroatoms. The summed E-state index contributed by atoms with van der Waals surface area (Å²) in [5.74, 6) is 0. The Morgan fingerprint density at radius 3 is 1.25 bits per heavy atom. The van der Waals surface area contributed by atoms with E-state index in [0.717, 1.165) is 0 Å². The molecule has 21 valence electrons. The molecule has 0 saturated heterocycles. The molecule has 0 aromatic rings. The van der Waals surface area contributed by atoms with E-state index in [1.54, 1.807) is 0 Å². The average molecular weight is 336 g/mol. The van der Waals surface area contributed by atoms with Crippen LogP contribution in [0.1, 0.15) is 0 Å². The van der Waals surface area contributed by atoms with E-state index in [4.69, 9.17) is 3.08 Å². The van der Waals surface area contributed by atoms with Crippen molar-refractivity contribution in [3.63, 3.8) is 0 Å². The van der Waals surface area contributed by atoms with Crippen LogP contribution in [0.4, 0.5) is 0 Å². The minimum Gasteiger partial charge on any atom is 0 e. The van der Waals surface area contributed by atoms with Crippen molar-refractivity contribution < 1.29 is 3.08 Å². The molecule has 0 N–H and O–H groups in total. The van der Waals surface area contributed by atoms with Crippen molar-refractivity contribution in [2.75, 3.05) is 0 Å². The van der Waals surface area contributed by atoms with E-state index in [-0.39, 0.29) is 63.8 Å². The Kier molecular flexibility index (Phi) is 85.8. The third-order valence-corrected chi connectivity index (χ3v) is 0. The first-order valence-electron chi connectivity index (χ1n) is 0.236. The molecule has 0 atom stereocenters. The predicted molar refractivity (Wildman–Crippen MR) is 19.3 cm³/mol. The van der Waals surface area contributed by atoms with Crippen LogP contribution in [0.25, 0.3) is 0 Å². The van der Waals surface area contributed by atoms with Crippen molar-refractivity contribution in [1.29, 1.82) is 0 Å². The van der Waals surface area contributed by atoms with Gasteiger partial charge in [0.25, 0.3) is 0 Å². The molecule has 0 spiro atoms. The van der Waals surface area contributed by atoms with Crippen molar-refractivity contribution in [3.8, 4) is 0 Å². The van der Waals surface area contributed by atoms with E-state index in [2.05, 4.69) is 0 Å². The van der Waals surface area contributed by atoms with Gasteiger partial charge in [0.2, 0.25) is 0 Å². The van der Waals surface area contributed by atoms with Gasteiger partial charge in [0.1, 0.15) is 0 Å². The van der Waals surface area contributed by atoms with E-state index in [1.807, 2.05) is 0 Å². The van der Waals surface area contributed by atoms with Gasteiger partial charge in [-0.15, -0.1) is 0 Å². The fourth-order valence-electron chi connectivity index (χ4n) is 0. The summed E-state index contributed by atoms with van der Waals surface area (Å²) < 4.78 is 8.38. The van der Waals surface area contributed by atoms with Gasteiger partial charge in [0, 0.05) is 41.3 Å². The monoisotopic (exact) mass is 341 g/mol. The molecule has 0 aromatic carbocycles. The molecule has 0 saturated carbocycles. The smallest absolute Gasteiger partial charge is 0 e. The van der Waals surface area contributed by atoms with Crippen molar-refractivity contribution in [2.45, 2.75) is 0 Å². The van der Waals surface area contributed by atoms with Gasteiger partial charge in [0.15, 0.2) is 0 Å². The standard InChI is InChI=1S/Ge.O.Sn.Te.H. The molecule has 0 aliphatic heterocycles. The molecule has 0 heterocycles. The zero-order valence-corrected chi connectivity index (χ0v) is 9.62. The molecule has 0 amide bonds. The topological polar surface area (TPSA) is 17.1 Å². The average Bonchev–Trinajstić information content (AvgIpc) is 1.00. The van der Waals surface area contributed by atoms with Gasteiger partial charge in [-0.3, -0.25) is 0 Å². The maximum atomic E-state index is 8.38. The van der Waals surface area contributed by atoms with Gasteiger partial charge < -0.3 is 0 Å². The molecule has 0 aliphatic carbocycles. The first-order valence-corrected chi connectivity index (χ1v) is 1.58. The van der Waals surface area contributed by atoms with Crippen LogP contribution in [0.2, 0.25) is 0 Å². The second kappa shape index (κ2) is 20.4. The normalized spacial score (nSPS) is 1.00. The van der Waals surface area contributed by atoms with E-state index < -0.39 is 0 Å². The van der Waals surface area contributed by atoms with Crippen LogP contribution in [0, 0.1) is 0 Å². The molecule has 0 aliphatic rings. The Labute approximate surface area is 66.1 Å². The summed E-state index contributed by atoms with van der Waals surface area (Å²) >= 11 is 0.100. The van der Waals surface area contributed by atoms with E-state index >= 15 is 0 Å². The van der Waals surface area contributed by atoms with Crippen LogP contribution in [0.5, 0.6) is 0 Å². The van der Waals surface area contributed by atoms with E-state index in [9.17, 15) is 0 Å². The fraction of sp³-hybridized carbons (Fsp3) is 0. The molecule has 0 bridgehead atoms. The number of hydrogen-bond donors (Lipinski definition) is 0. The van der Waals surface area contributed by atoms with Gasteiger partial charge in [-0.25, -0.2) is 0 Å². The minimum absolute atomic E-state index is 0. The summed E-state index contributed by atoms with van der Waals surface area (Å²) in [4.78, 5) is 0. The van der Waals surface area contributed by atoms with Crippen molar-refractivity contribution in [1.82, 2.24) is 0 Å². The largest absolute Gasteiger partial charge is 0 e. The van der Waals surface area contributed by atoms with Crippen LogP contribution < -0.4 is 0 Å². The summed E-state index contributed by atoms with van der Waals surface area (Å²) in [6.45, 7) is 0. The quantitative estimate of drug-likeness (QED) is 0.491. The molecule has 0 rings (SSSR count). The van der Waals surface area contributed by atoms with Crippen LogP contribution in [-0.2, 0) is 3.08 Å². The van der Waals surface area contributed by atoms with Crippen molar-refractivity contribution in [2.24, 2.45) is 0 Å². The summed E-state index contributed by atoms with van der Waals surface area (Å²) in [7, 11) is 0. The van der Waals surface area contributed by atoms with E-state index in [1.165, 1.54) is 0 Å². The third-order valence-electron chi connectivity index (χ3n) is 0. The second-order valence-electron chi connectivity index (χ2n) is 0. The zero-order valence-electron chi connectivity index (χ0n) is 1.89. The first kappa shape index (κ1) is 16.8. The fourth-order valence-corrected chi connectivity index (χ4v) is 0. The van der Waals surface area contributed by atoms with Gasteiger partial charge >= 0.3 is 25.6 Å². The number of rotatable bonds is 0. The first-order chi connectivity index (χ1) is 1.00. The van der Waals surface area contributed by atoms with Crippen molar-refractivity contribution >= 4 is 63.8 Å². The van der Waals surface area contributed by atoms with Crippen LogP contribution >= 0.6 is 0 Å². The van der Waals surface area contributed by atoms with Gasteiger partial charge in [-0.1, -0.05) is 0 Å². The second-order valence-corrected chi connectivity index (χ2v) is 0. The maximum absolute atomic E-state index is 8.38. The molecule has 0 unspecified atom stereocenters. The predicted octanol–water partition coefficient (Wildman–Crippen LogP) is -1.53. The SMILES string of the molecule is [Ge].[O]=[SnH].[Te]. The minimum atomic E-state index is 0. The molecular formula is HGeOSnTe. The van der Waals surface area contributed by atoms with E-state index in [0.29, 0.717) is 0 Å². The number of hydrogen-bond acceptors (Lipinski definition) is 1. The third kappa shape index (κ3) is 9.06. The van der Waals surface area contributed by atoms with Gasteiger partial charge in [-0.05, 0) is 0 Å². The van der Waals surface area contributed by atoms with Gasteiger partial charge in [0.05, 0.1) is 0 Å². The van der Waals surface area contributed by atoms with Gasteiger partial charge in [-0.2, -0.15) is 0 Å². The Morgan fingerprint density at radius 2 is 1.25 bits per heavy atom. The maximum Gasteiger partial charge on any atom is 0 e. The van der Waals surface area contributed by atoms with Crippen LogP contribution in [-0.4, -0.2) is 63.8 Å². The van der Waals surface area contributed by atoms with Crippen LogP contribution in [0.3, 0.4) is 0 Å². The molecule has 0 aromatic heterocycles. The summed E-state index contributed by atoms with van der Waals surface area (Å²) in [5, 5.41) is 0. The summed E-state index contributed by atoms with van der Waals surface area (Å²) in [6, 6.07) is 0. The molecule has 0 fully saturated rings. The molecular weight excluding hydrogens is 335 g/mol. The van der Waals surface area contributed by atoms with Crippen molar-refractivity contribution in [3.05, 3.63) is 0 Å². The Hall–Kier alpha value is 1.93. The summed E-state index contributed by atoms with van der Waals surface area (Å²) in [6.07, 6.45) is 0. The van der Waals surface area contributed by atoms with Crippen LogP contribution in [0.15, 0.2) is 0 Å². The molecule has 7 radical (unpaired) electrons. The molecule has 1 nitrogen and oxygen atoms in total. The Morgan fingerprint density at radius 1 is 1.25 bits per heavy atom.